The predicted octanol–water partition coefficient (Wildman–Crippen LogP) is 2.04. The van der Waals surface area contributed by atoms with Crippen LogP contribution in [-0.4, -0.2) is 22.3 Å². The number of aliphatic hydroxyl groups is 1. The summed E-state index contributed by atoms with van der Waals surface area (Å²) in [5.41, 5.74) is 0. The number of hydrogen-bond acceptors (Lipinski definition) is 2. The summed E-state index contributed by atoms with van der Waals surface area (Å²) in [6, 6.07) is 0. The molecule has 1 fully saturated rings. The summed E-state index contributed by atoms with van der Waals surface area (Å²) in [7, 11) is 0. The Labute approximate surface area is 85.1 Å². The van der Waals surface area contributed by atoms with E-state index in [-0.39, 0.29) is 11.8 Å². The molecule has 0 bridgehead atoms. The van der Waals surface area contributed by atoms with E-state index in [2.05, 4.69) is 0 Å². The second kappa shape index (κ2) is 5.35. The molecule has 2 N–H and O–H groups in total. The number of aliphatic hydroxyl groups excluding tert-OH is 1. The van der Waals surface area contributed by atoms with E-state index in [4.69, 9.17) is 5.11 Å². The van der Waals surface area contributed by atoms with Crippen molar-refractivity contribution >= 4 is 5.97 Å². The number of aliphatic carboxylic acids is 1. The third kappa shape index (κ3) is 2.71. The molecule has 0 saturated heterocycles. The van der Waals surface area contributed by atoms with Gasteiger partial charge in [0.1, 0.15) is 0 Å². The van der Waals surface area contributed by atoms with Crippen LogP contribution in [0.25, 0.3) is 0 Å². The number of hydrogen-bond donors (Lipinski definition) is 2. The first-order chi connectivity index (χ1) is 6.66. The lowest BCUT2D eigenvalue weighted by Crippen LogP contribution is -2.35. The first-order valence-corrected chi connectivity index (χ1v) is 5.57. The summed E-state index contributed by atoms with van der Waals surface area (Å²) in [5.74, 6) is -1.09. The van der Waals surface area contributed by atoms with Gasteiger partial charge in [0.05, 0.1) is 12.0 Å². The fraction of sp³-hybridized carbons (Fsp3) is 0.909. The molecule has 1 saturated carbocycles. The molecular formula is C11H20O3. The number of carbonyl (C=O) groups is 1. The zero-order valence-corrected chi connectivity index (χ0v) is 8.78. The van der Waals surface area contributed by atoms with E-state index < -0.39 is 12.1 Å². The van der Waals surface area contributed by atoms with Crippen LogP contribution in [-0.2, 0) is 4.79 Å². The molecule has 0 spiro atoms. The zero-order chi connectivity index (χ0) is 10.6. The lowest BCUT2D eigenvalue weighted by Gasteiger charge is -2.31. The maximum Gasteiger partial charge on any atom is 0.306 e. The Morgan fingerprint density at radius 3 is 2.57 bits per heavy atom. The summed E-state index contributed by atoms with van der Waals surface area (Å²) in [5, 5.41) is 18.8. The van der Waals surface area contributed by atoms with Gasteiger partial charge >= 0.3 is 5.97 Å². The minimum atomic E-state index is -0.738. The number of carboxylic acid groups (broad SMARTS) is 1. The van der Waals surface area contributed by atoms with Gasteiger partial charge in [-0.3, -0.25) is 4.79 Å². The third-order valence-corrected chi connectivity index (χ3v) is 3.22. The van der Waals surface area contributed by atoms with E-state index >= 15 is 0 Å². The Morgan fingerprint density at radius 2 is 2.07 bits per heavy atom. The van der Waals surface area contributed by atoms with E-state index in [1.165, 1.54) is 0 Å². The first kappa shape index (κ1) is 11.5. The highest BCUT2D eigenvalue weighted by Crippen LogP contribution is 2.32. The molecule has 0 heterocycles. The molecule has 0 aromatic rings. The zero-order valence-electron chi connectivity index (χ0n) is 8.78. The van der Waals surface area contributed by atoms with Crippen molar-refractivity contribution in [3.63, 3.8) is 0 Å². The van der Waals surface area contributed by atoms with Crippen molar-refractivity contribution in [3.05, 3.63) is 0 Å². The van der Waals surface area contributed by atoms with Gasteiger partial charge < -0.3 is 10.2 Å². The largest absolute Gasteiger partial charge is 0.481 e. The maximum absolute atomic E-state index is 11.0. The monoisotopic (exact) mass is 200 g/mol. The van der Waals surface area contributed by atoms with Gasteiger partial charge in [-0.15, -0.1) is 0 Å². The lowest BCUT2D eigenvalue weighted by molar-refractivity contribution is -0.146. The standard InChI is InChI=1S/C11H20O3/c1-2-5-9(11(13)14)8-6-3-4-7-10(8)12/h8-10,12H,2-7H2,1H3,(H,13,14). The molecule has 3 heteroatoms. The van der Waals surface area contributed by atoms with Crippen molar-refractivity contribution in [1.82, 2.24) is 0 Å². The van der Waals surface area contributed by atoms with Gasteiger partial charge in [-0.2, -0.15) is 0 Å². The molecular weight excluding hydrogens is 180 g/mol. The maximum atomic E-state index is 11.0. The van der Waals surface area contributed by atoms with E-state index in [0.29, 0.717) is 6.42 Å². The molecule has 3 atom stereocenters. The van der Waals surface area contributed by atoms with Crippen molar-refractivity contribution in [2.75, 3.05) is 0 Å². The molecule has 82 valence electrons. The SMILES string of the molecule is CCCC(C(=O)O)C1CCCCC1O. The fourth-order valence-electron chi connectivity index (χ4n) is 2.44. The molecule has 0 amide bonds. The van der Waals surface area contributed by atoms with Gasteiger partial charge in [-0.25, -0.2) is 0 Å². The van der Waals surface area contributed by atoms with Crippen molar-refractivity contribution in [2.45, 2.75) is 51.6 Å². The van der Waals surface area contributed by atoms with Crippen LogP contribution in [0.15, 0.2) is 0 Å². The highest BCUT2D eigenvalue weighted by atomic mass is 16.4. The quantitative estimate of drug-likeness (QED) is 0.730. The van der Waals surface area contributed by atoms with Crippen LogP contribution in [0.5, 0.6) is 0 Å². The minimum Gasteiger partial charge on any atom is -0.481 e. The highest BCUT2D eigenvalue weighted by Gasteiger charge is 2.34. The van der Waals surface area contributed by atoms with Crippen molar-refractivity contribution in [1.29, 1.82) is 0 Å². The molecule has 3 nitrogen and oxygen atoms in total. The molecule has 14 heavy (non-hydrogen) atoms. The molecule has 1 rings (SSSR count). The average molecular weight is 200 g/mol. The van der Waals surface area contributed by atoms with Crippen molar-refractivity contribution in [2.24, 2.45) is 11.8 Å². The van der Waals surface area contributed by atoms with Gasteiger partial charge in [-0.05, 0) is 25.2 Å². The van der Waals surface area contributed by atoms with Gasteiger partial charge in [0.15, 0.2) is 0 Å². The Balaban J connectivity index is 2.60. The Hall–Kier alpha value is -0.570. The van der Waals surface area contributed by atoms with E-state index in [1.54, 1.807) is 0 Å². The Morgan fingerprint density at radius 1 is 1.43 bits per heavy atom. The van der Waals surface area contributed by atoms with Crippen molar-refractivity contribution < 1.29 is 15.0 Å². The molecule has 1 aliphatic carbocycles. The van der Waals surface area contributed by atoms with Gasteiger partial charge in [-0.1, -0.05) is 26.2 Å². The average Bonchev–Trinajstić information content (AvgIpc) is 2.15. The molecule has 1 aliphatic rings. The summed E-state index contributed by atoms with van der Waals surface area (Å²) in [4.78, 5) is 11.0. The second-order valence-corrected chi connectivity index (χ2v) is 4.25. The first-order valence-electron chi connectivity index (χ1n) is 5.57. The summed E-state index contributed by atoms with van der Waals surface area (Å²) in [6.45, 7) is 1.99. The summed E-state index contributed by atoms with van der Waals surface area (Å²) < 4.78 is 0. The third-order valence-electron chi connectivity index (χ3n) is 3.22. The van der Waals surface area contributed by atoms with Crippen LogP contribution < -0.4 is 0 Å². The highest BCUT2D eigenvalue weighted by molar-refractivity contribution is 5.70. The normalized spacial score (nSPS) is 29.9. The topological polar surface area (TPSA) is 57.5 Å². The summed E-state index contributed by atoms with van der Waals surface area (Å²) in [6.07, 6.45) is 4.93. The Kier molecular flexibility index (Phi) is 4.39. The van der Waals surface area contributed by atoms with Gasteiger partial charge in [0.25, 0.3) is 0 Å². The smallest absolute Gasteiger partial charge is 0.306 e. The van der Waals surface area contributed by atoms with Crippen molar-refractivity contribution in [3.8, 4) is 0 Å². The lowest BCUT2D eigenvalue weighted by atomic mass is 9.76. The fourth-order valence-corrected chi connectivity index (χ4v) is 2.44. The van der Waals surface area contributed by atoms with Gasteiger partial charge in [0, 0.05) is 0 Å². The molecule has 3 unspecified atom stereocenters. The van der Waals surface area contributed by atoms with E-state index in [1.807, 2.05) is 6.92 Å². The summed E-state index contributed by atoms with van der Waals surface area (Å²) >= 11 is 0. The molecule has 0 aromatic carbocycles. The van der Waals surface area contributed by atoms with Crippen LogP contribution in [0, 0.1) is 11.8 Å². The molecule has 0 aliphatic heterocycles. The minimum absolute atomic E-state index is 0.0128. The number of carboxylic acids is 1. The van der Waals surface area contributed by atoms with Crippen LogP contribution >= 0.6 is 0 Å². The van der Waals surface area contributed by atoms with E-state index in [9.17, 15) is 9.90 Å². The number of rotatable bonds is 4. The van der Waals surface area contributed by atoms with Crippen LogP contribution in [0.1, 0.15) is 45.4 Å². The molecule has 0 radical (unpaired) electrons. The van der Waals surface area contributed by atoms with Crippen LogP contribution in [0.4, 0.5) is 0 Å². The van der Waals surface area contributed by atoms with Gasteiger partial charge in [0.2, 0.25) is 0 Å². The van der Waals surface area contributed by atoms with Crippen LogP contribution in [0.3, 0.4) is 0 Å². The molecule has 0 aromatic heterocycles. The second-order valence-electron chi connectivity index (χ2n) is 4.25. The van der Waals surface area contributed by atoms with E-state index in [0.717, 1.165) is 32.1 Å². The Bertz CT molecular complexity index is 191. The predicted molar refractivity (Wildman–Crippen MR) is 54.0 cm³/mol. The van der Waals surface area contributed by atoms with Crippen LogP contribution in [0.2, 0.25) is 0 Å².